The van der Waals surface area contributed by atoms with Crippen molar-refractivity contribution in [2.24, 2.45) is 0 Å². The molecule has 6 heteroatoms. The van der Waals surface area contributed by atoms with Gasteiger partial charge in [-0.2, -0.15) is 5.10 Å². The molecule has 0 bridgehead atoms. The third-order valence-corrected chi connectivity index (χ3v) is 3.81. The minimum Gasteiger partial charge on any atom is -0.492 e. The standard InChI is InChI=1S/C20H22N4O2/c1-2-26-19-7-4-3-6-18(19)23-20(25)21-14-16-8-10-17(11-9-16)15-24-13-5-12-22-24/h3-13H,2,14-15H2,1H3,(H2,21,23,25). The number of carbonyl (C=O) groups is 1. The number of urea groups is 1. The molecule has 0 radical (unpaired) electrons. The van der Waals surface area contributed by atoms with Crippen molar-refractivity contribution in [3.8, 4) is 5.75 Å². The molecule has 2 amide bonds. The highest BCUT2D eigenvalue weighted by molar-refractivity contribution is 5.90. The summed E-state index contributed by atoms with van der Waals surface area (Å²) in [5, 5.41) is 9.87. The van der Waals surface area contributed by atoms with Gasteiger partial charge in [-0.1, -0.05) is 36.4 Å². The van der Waals surface area contributed by atoms with Gasteiger partial charge in [0, 0.05) is 18.9 Å². The van der Waals surface area contributed by atoms with Gasteiger partial charge in [-0.15, -0.1) is 0 Å². The van der Waals surface area contributed by atoms with E-state index in [1.54, 1.807) is 6.20 Å². The average molecular weight is 350 g/mol. The summed E-state index contributed by atoms with van der Waals surface area (Å²) in [4.78, 5) is 12.1. The number of nitrogens with one attached hydrogen (secondary N) is 2. The zero-order valence-corrected chi connectivity index (χ0v) is 14.7. The molecule has 0 saturated carbocycles. The minimum absolute atomic E-state index is 0.266. The fourth-order valence-electron chi connectivity index (χ4n) is 2.54. The zero-order valence-electron chi connectivity index (χ0n) is 14.7. The first-order chi connectivity index (χ1) is 12.7. The lowest BCUT2D eigenvalue weighted by Crippen LogP contribution is -2.28. The molecule has 2 N–H and O–H groups in total. The van der Waals surface area contributed by atoms with E-state index in [9.17, 15) is 4.79 Å². The van der Waals surface area contributed by atoms with Crippen LogP contribution in [0.1, 0.15) is 18.1 Å². The number of nitrogens with zero attached hydrogens (tertiary/aromatic N) is 2. The Morgan fingerprint density at radius 1 is 1.08 bits per heavy atom. The van der Waals surface area contributed by atoms with Crippen molar-refractivity contribution in [1.82, 2.24) is 15.1 Å². The second-order valence-electron chi connectivity index (χ2n) is 5.76. The van der Waals surface area contributed by atoms with Crippen molar-refractivity contribution in [3.63, 3.8) is 0 Å². The molecule has 0 unspecified atom stereocenters. The van der Waals surface area contributed by atoms with Gasteiger partial charge in [0.25, 0.3) is 0 Å². The summed E-state index contributed by atoms with van der Waals surface area (Å²) in [5.74, 6) is 0.660. The van der Waals surface area contributed by atoms with E-state index >= 15 is 0 Å². The van der Waals surface area contributed by atoms with Crippen LogP contribution in [-0.2, 0) is 13.1 Å². The number of rotatable bonds is 7. The molecule has 0 aliphatic heterocycles. The number of anilines is 1. The van der Waals surface area contributed by atoms with Crippen molar-refractivity contribution in [3.05, 3.63) is 78.1 Å². The summed E-state index contributed by atoms with van der Waals surface area (Å²) in [5.41, 5.74) is 2.84. The van der Waals surface area contributed by atoms with Gasteiger partial charge in [0.15, 0.2) is 0 Å². The Hall–Kier alpha value is -3.28. The molecule has 3 aromatic rings. The molecule has 134 valence electrons. The number of hydrogen-bond donors (Lipinski definition) is 2. The zero-order chi connectivity index (χ0) is 18.2. The summed E-state index contributed by atoms with van der Waals surface area (Å²) >= 11 is 0. The lowest BCUT2D eigenvalue weighted by atomic mass is 10.1. The quantitative estimate of drug-likeness (QED) is 0.683. The molecule has 0 spiro atoms. The maximum atomic E-state index is 12.1. The van der Waals surface area contributed by atoms with Gasteiger partial charge in [0.1, 0.15) is 5.75 Å². The highest BCUT2D eigenvalue weighted by atomic mass is 16.5. The molecular formula is C20H22N4O2. The molecular weight excluding hydrogens is 328 g/mol. The predicted molar refractivity (Wildman–Crippen MR) is 101 cm³/mol. The van der Waals surface area contributed by atoms with Crippen LogP contribution >= 0.6 is 0 Å². The molecule has 1 heterocycles. The van der Waals surface area contributed by atoms with Crippen LogP contribution in [0, 0.1) is 0 Å². The Morgan fingerprint density at radius 2 is 1.85 bits per heavy atom. The lowest BCUT2D eigenvalue weighted by Gasteiger charge is -2.12. The number of aromatic nitrogens is 2. The van der Waals surface area contributed by atoms with Gasteiger partial charge in [0.2, 0.25) is 0 Å². The van der Waals surface area contributed by atoms with Crippen LogP contribution in [0.15, 0.2) is 67.0 Å². The summed E-state index contributed by atoms with van der Waals surface area (Å²) < 4.78 is 7.38. The number of para-hydroxylation sites is 2. The largest absolute Gasteiger partial charge is 0.492 e. The third-order valence-electron chi connectivity index (χ3n) is 3.81. The van der Waals surface area contributed by atoms with Crippen molar-refractivity contribution in [1.29, 1.82) is 0 Å². The summed E-state index contributed by atoms with van der Waals surface area (Å²) in [7, 11) is 0. The van der Waals surface area contributed by atoms with Gasteiger partial charge in [0.05, 0.1) is 18.8 Å². The summed E-state index contributed by atoms with van der Waals surface area (Å²) in [6.45, 7) is 3.64. The maximum Gasteiger partial charge on any atom is 0.319 e. The number of benzene rings is 2. The Morgan fingerprint density at radius 3 is 2.58 bits per heavy atom. The molecule has 0 atom stereocenters. The van der Waals surface area contributed by atoms with Crippen molar-refractivity contribution < 1.29 is 9.53 Å². The van der Waals surface area contributed by atoms with E-state index in [2.05, 4.69) is 15.7 Å². The van der Waals surface area contributed by atoms with Crippen molar-refractivity contribution in [2.45, 2.75) is 20.0 Å². The van der Waals surface area contributed by atoms with Crippen LogP contribution in [0.3, 0.4) is 0 Å². The van der Waals surface area contributed by atoms with Crippen LogP contribution in [0.4, 0.5) is 10.5 Å². The van der Waals surface area contributed by atoms with Crippen LogP contribution in [0.5, 0.6) is 5.75 Å². The number of hydrogen-bond acceptors (Lipinski definition) is 3. The van der Waals surface area contributed by atoms with Gasteiger partial charge < -0.3 is 15.4 Å². The molecule has 2 aromatic carbocycles. The fraction of sp³-hybridized carbons (Fsp3) is 0.200. The molecule has 0 aliphatic carbocycles. The first-order valence-electron chi connectivity index (χ1n) is 8.56. The SMILES string of the molecule is CCOc1ccccc1NC(=O)NCc1ccc(Cn2cccn2)cc1. The van der Waals surface area contributed by atoms with Crippen LogP contribution in [0.2, 0.25) is 0 Å². The highest BCUT2D eigenvalue weighted by Crippen LogP contribution is 2.23. The molecule has 0 fully saturated rings. The van der Waals surface area contributed by atoms with Gasteiger partial charge in [-0.3, -0.25) is 4.68 Å². The van der Waals surface area contributed by atoms with Crippen LogP contribution < -0.4 is 15.4 Å². The molecule has 0 saturated heterocycles. The number of ether oxygens (including phenoxy) is 1. The second kappa shape index (κ2) is 8.71. The smallest absolute Gasteiger partial charge is 0.319 e. The first kappa shape index (κ1) is 17.5. The highest BCUT2D eigenvalue weighted by Gasteiger charge is 2.07. The van der Waals surface area contributed by atoms with Gasteiger partial charge in [-0.25, -0.2) is 4.79 Å². The van der Waals surface area contributed by atoms with Crippen LogP contribution in [0.25, 0.3) is 0 Å². The Balaban J connectivity index is 1.51. The van der Waals surface area contributed by atoms with E-state index < -0.39 is 0 Å². The predicted octanol–water partition coefficient (Wildman–Crippen LogP) is 3.65. The number of carbonyl (C=O) groups excluding carboxylic acids is 1. The van der Waals surface area contributed by atoms with E-state index in [1.807, 2.05) is 72.4 Å². The first-order valence-corrected chi connectivity index (χ1v) is 8.56. The second-order valence-corrected chi connectivity index (χ2v) is 5.76. The maximum absolute atomic E-state index is 12.1. The van der Waals surface area contributed by atoms with Gasteiger partial charge >= 0.3 is 6.03 Å². The molecule has 0 aliphatic rings. The van der Waals surface area contributed by atoms with E-state index in [0.717, 1.165) is 17.7 Å². The number of amides is 2. The molecule has 26 heavy (non-hydrogen) atoms. The average Bonchev–Trinajstić information content (AvgIpc) is 3.16. The Kier molecular flexibility index (Phi) is 5.88. The third kappa shape index (κ3) is 4.86. The lowest BCUT2D eigenvalue weighted by molar-refractivity contribution is 0.251. The fourth-order valence-corrected chi connectivity index (χ4v) is 2.54. The van der Waals surface area contributed by atoms with E-state index in [4.69, 9.17) is 4.74 Å². The van der Waals surface area contributed by atoms with Crippen molar-refractivity contribution in [2.75, 3.05) is 11.9 Å². The molecule has 1 aromatic heterocycles. The van der Waals surface area contributed by atoms with Crippen LogP contribution in [-0.4, -0.2) is 22.4 Å². The van der Waals surface area contributed by atoms with E-state index in [0.29, 0.717) is 24.6 Å². The monoisotopic (exact) mass is 350 g/mol. The Bertz CT molecular complexity index is 829. The van der Waals surface area contributed by atoms with Gasteiger partial charge in [-0.05, 0) is 36.2 Å². The van der Waals surface area contributed by atoms with E-state index in [1.165, 1.54) is 0 Å². The summed E-state index contributed by atoms with van der Waals surface area (Å²) in [6.07, 6.45) is 3.69. The van der Waals surface area contributed by atoms with Crippen molar-refractivity contribution >= 4 is 11.7 Å². The minimum atomic E-state index is -0.266. The normalized spacial score (nSPS) is 10.3. The topological polar surface area (TPSA) is 68.2 Å². The molecule has 6 nitrogen and oxygen atoms in total. The molecule has 3 rings (SSSR count). The Labute approximate surface area is 152 Å². The summed E-state index contributed by atoms with van der Waals surface area (Å²) in [6, 6.07) is 17.1. The van der Waals surface area contributed by atoms with E-state index in [-0.39, 0.29) is 6.03 Å².